The maximum atomic E-state index is 12.8. The molecular weight excluding hydrogens is 334 g/mol. The molecular formula is C24H31NO2. The topological polar surface area (TPSA) is 38.3 Å². The molecule has 3 heteroatoms. The second kappa shape index (κ2) is 7.47. The number of ether oxygens (including phenoxy) is 1. The van der Waals surface area contributed by atoms with E-state index in [0.717, 1.165) is 35.5 Å². The van der Waals surface area contributed by atoms with E-state index in [1.165, 1.54) is 0 Å². The van der Waals surface area contributed by atoms with Crippen LogP contribution in [0.1, 0.15) is 62.9 Å². The Morgan fingerprint density at radius 1 is 1.00 bits per heavy atom. The van der Waals surface area contributed by atoms with Gasteiger partial charge in [-0.1, -0.05) is 12.1 Å². The summed E-state index contributed by atoms with van der Waals surface area (Å²) in [5.41, 5.74) is 2.06. The molecule has 0 spiro atoms. The number of benzene rings is 2. The standard InChI is InChI=1S/C24H31NO2/c1-17-7-6-8-21(13-17)27-20-11-9-19(10-12-20)22(26)14-18-15-23(2,3)25-24(4,5)16-18/h6-13,18,25H,14-16H2,1-5H3. The van der Waals surface area contributed by atoms with Gasteiger partial charge in [0, 0.05) is 23.1 Å². The van der Waals surface area contributed by atoms with Gasteiger partial charge in [-0.2, -0.15) is 0 Å². The van der Waals surface area contributed by atoms with Crippen LogP contribution in [0.5, 0.6) is 11.5 Å². The van der Waals surface area contributed by atoms with Crippen molar-refractivity contribution in [1.82, 2.24) is 5.32 Å². The van der Waals surface area contributed by atoms with Crippen molar-refractivity contribution >= 4 is 5.78 Å². The summed E-state index contributed by atoms with van der Waals surface area (Å²) < 4.78 is 5.88. The number of hydrogen-bond donors (Lipinski definition) is 1. The highest BCUT2D eigenvalue weighted by Crippen LogP contribution is 2.35. The van der Waals surface area contributed by atoms with Crippen LogP contribution in [-0.2, 0) is 0 Å². The SMILES string of the molecule is Cc1cccc(Oc2ccc(C(=O)CC3CC(C)(C)NC(C)(C)C3)cc2)c1. The van der Waals surface area contributed by atoms with E-state index in [4.69, 9.17) is 4.74 Å². The predicted molar refractivity (Wildman–Crippen MR) is 111 cm³/mol. The number of carbonyl (C=O) groups excluding carboxylic acids is 1. The van der Waals surface area contributed by atoms with Crippen LogP contribution in [0, 0.1) is 12.8 Å². The highest BCUT2D eigenvalue weighted by molar-refractivity contribution is 5.96. The number of Topliss-reactive ketones (excluding diaryl/α,β-unsaturated/α-hetero) is 1. The van der Waals surface area contributed by atoms with Gasteiger partial charge in [0.25, 0.3) is 0 Å². The van der Waals surface area contributed by atoms with E-state index in [1.807, 2.05) is 55.5 Å². The number of rotatable bonds is 5. The van der Waals surface area contributed by atoms with Crippen molar-refractivity contribution in [3.05, 3.63) is 59.7 Å². The quantitative estimate of drug-likeness (QED) is 0.669. The Hall–Kier alpha value is -2.13. The number of aryl methyl sites for hydroxylation is 1. The van der Waals surface area contributed by atoms with Gasteiger partial charge in [-0.15, -0.1) is 0 Å². The molecule has 0 aliphatic carbocycles. The number of carbonyl (C=O) groups is 1. The molecule has 0 amide bonds. The maximum Gasteiger partial charge on any atom is 0.163 e. The Morgan fingerprint density at radius 3 is 2.22 bits per heavy atom. The van der Waals surface area contributed by atoms with Gasteiger partial charge < -0.3 is 10.1 Å². The summed E-state index contributed by atoms with van der Waals surface area (Å²) in [5.74, 6) is 2.19. The lowest BCUT2D eigenvalue weighted by Crippen LogP contribution is -2.57. The van der Waals surface area contributed by atoms with E-state index < -0.39 is 0 Å². The molecule has 1 saturated heterocycles. The monoisotopic (exact) mass is 365 g/mol. The molecule has 144 valence electrons. The lowest BCUT2D eigenvalue weighted by molar-refractivity contribution is 0.0864. The molecule has 3 rings (SSSR count). The van der Waals surface area contributed by atoms with Crippen molar-refractivity contribution in [2.24, 2.45) is 5.92 Å². The van der Waals surface area contributed by atoms with Gasteiger partial charge in [-0.3, -0.25) is 4.79 Å². The molecule has 1 fully saturated rings. The Kier molecular flexibility index (Phi) is 5.43. The molecule has 0 aromatic heterocycles. The summed E-state index contributed by atoms with van der Waals surface area (Å²) in [6.45, 7) is 10.9. The average molecular weight is 366 g/mol. The van der Waals surface area contributed by atoms with E-state index in [-0.39, 0.29) is 16.9 Å². The first-order valence-electron chi connectivity index (χ1n) is 9.79. The first-order chi connectivity index (χ1) is 12.6. The normalized spacial score (nSPS) is 18.9. The van der Waals surface area contributed by atoms with Crippen molar-refractivity contribution in [3.8, 4) is 11.5 Å². The summed E-state index contributed by atoms with van der Waals surface area (Å²) >= 11 is 0. The van der Waals surface area contributed by atoms with Crippen molar-refractivity contribution in [3.63, 3.8) is 0 Å². The summed E-state index contributed by atoms with van der Waals surface area (Å²) in [5, 5.41) is 3.68. The smallest absolute Gasteiger partial charge is 0.163 e. The Labute approximate surface area is 163 Å². The molecule has 27 heavy (non-hydrogen) atoms. The fraction of sp³-hybridized carbons (Fsp3) is 0.458. The molecule has 0 unspecified atom stereocenters. The molecule has 0 bridgehead atoms. The van der Waals surface area contributed by atoms with Crippen LogP contribution >= 0.6 is 0 Å². The molecule has 0 atom stereocenters. The second-order valence-corrected chi connectivity index (χ2v) is 9.24. The zero-order valence-electron chi connectivity index (χ0n) is 17.1. The Bertz CT molecular complexity index is 789. The molecule has 3 nitrogen and oxygen atoms in total. The predicted octanol–water partition coefficient (Wildman–Crippen LogP) is 5.92. The third-order valence-corrected chi connectivity index (χ3v) is 5.15. The first kappa shape index (κ1) is 19.6. The van der Waals surface area contributed by atoms with Gasteiger partial charge in [0.05, 0.1) is 0 Å². The molecule has 1 aliphatic heterocycles. The third kappa shape index (κ3) is 5.43. The Morgan fingerprint density at radius 2 is 1.63 bits per heavy atom. The van der Waals surface area contributed by atoms with E-state index in [1.54, 1.807) is 0 Å². The average Bonchev–Trinajstić information content (AvgIpc) is 2.52. The third-order valence-electron chi connectivity index (χ3n) is 5.15. The van der Waals surface area contributed by atoms with Crippen molar-refractivity contribution in [2.45, 2.75) is 65.0 Å². The molecule has 2 aromatic carbocycles. The summed E-state index contributed by atoms with van der Waals surface area (Å²) in [7, 11) is 0. The van der Waals surface area contributed by atoms with Gasteiger partial charge >= 0.3 is 0 Å². The van der Waals surface area contributed by atoms with Gasteiger partial charge in [0.2, 0.25) is 0 Å². The van der Waals surface area contributed by atoms with Gasteiger partial charge in [0.1, 0.15) is 11.5 Å². The minimum Gasteiger partial charge on any atom is -0.457 e. The maximum absolute atomic E-state index is 12.8. The number of piperidine rings is 1. The fourth-order valence-electron chi connectivity index (χ4n) is 4.58. The summed E-state index contributed by atoms with van der Waals surface area (Å²) in [6.07, 6.45) is 2.65. The zero-order valence-corrected chi connectivity index (χ0v) is 17.1. The van der Waals surface area contributed by atoms with Crippen LogP contribution in [0.25, 0.3) is 0 Å². The second-order valence-electron chi connectivity index (χ2n) is 9.24. The van der Waals surface area contributed by atoms with Crippen LogP contribution in [0.3, 0.4) is 0 Å². The van der Waals surface area contributed by atoms with E-state index in [0.29, 0.717) is 12.3 Å². The molecule has 1 N–H and O–H groups in total. The highest BCUT2D eigenvalue weighted by atomic mass is 16.5. The van der Waals surface area contributed by atoms with Crippen molar-refractivity contribution in [1.29, 1.82) is 0 Å². The van der Waals surface area contributed by atoms with Crippen molar-refractivity contribution < 1.29 is 9.53 Å². The fourth-order valence-corrected chi connectivity index (χ4v) is 4.58. The summed E-state index contributed by atoms with van der Waals surface area (Å²) in [6, 6.07) is 15.5. The summed E-state index contributed by atoms with van der Waals surface area (Å²) in [4.78, 5) is 12.8. The molecule has 0 saturated carbocycles. The van der Waals surface area contributed by atoms with E-state index >= 15 is 0 Å². The van der Waals surface area contributed by atoms with Crippen LogP contribution < -0.4 is 10.1 Å². The molecule has 1 aliphatic rings. The van der Waals surface area contributed by atoms with Gasteiger partial charge in [0.15, 0.2) is 5.78 Å². The lowest BCUT2D eigenvalue weighted by atomic mass is 9.74. The van der Waals surface area contributed by atoms with E-state index in [2.05, 4.69) is 33.0 Å². The molecule has 0 radical (unpaired) electrons. The zero-order chi connectivity index (χ0) is 19.7. The van der Waals surface area contributed by atoms with Crippen LogP contribution in [-0.4, -0.2) is 16.9 Å². The van der Waals surface area contributed by atoms with Gasteiger partial charge in [-0.25, -0.2) is 0 Å². The largest absolute Gasteiger partial charge is 0.457 e. The first-order valence-corrected chi connectivity index (χ1v) is 9.79. The minimum atomic E-state index is 0.0677. The molecule has 2 aromatic rings. The van der Waals surface area contributed by atoms with Crippen LogP contribution in [0.2, 0.25) is 0 Å². The number of ketones is 1. The van der Waals surface area contributed by atoms with Crippen LogP contribution in [0.4, 0.5) is 0 Å². The van der Waals surface area contributed by atoms with E-state index in [9.17, 15) is 4.79 Å². The Balaban J connectivity index is 1.64. The minimum absolute atomic E-state index is 0.0677. The highest BCUT2D eigenvalue weighted by Gasteiger charge is 2.38. The van der Waals surface area contributed by atoms with Crippen molar-refractivity contribution in [2.75, 3.05) is 0 Å². The number of hydrogen-bond acceptors (Lipinski definition) is 3. The lowest BCUT2D eigenvalue weighted by Gasteiger charge is -2.46. The molecule has 1 heterocycles. The van der Waals surface area contributed by atoms with Crippen LogP contribution in [0.15, 0.2) is 48.5 Å². The van der Waals surface area contributed by atoms with Gasteiger partial charge in [-0.05, 0) is 95.3 Å². The number of nitrogens with one attached hydrogen (secondary N) is 1.